The fourth-order valence-corrected chi connectivity index (χ4v) is 3.58. The van der Waals surface area contributed by atoms with Crippen molar-refractivity contribution < 1.29 is 4.74 Å². The van der Waals surface area contributed by atoms with Crippen LogP contribution in [-0.2, 0) is 11.3 Å². The van der Waals surface area contributed by atoms with Crippen LogP contribution >= 0.6 is 0 Å². The van der Waals surface area contributed by atoms with Crippen LogP contribution in [0.3, 0.4) is 0 Å². The number of aromatic nitrogens is 1. The number of amidine groups is 1. The lowest BCUT2D eigenvalue weighted by molar-refractivity contribution is 0.188. The quantitative estimate of drug-likeness (QED) is 0.675. The van der Waals surface area contributed by atoms with E-state index in [-0.39, 0.29) is 0 Å². The van der Waals surface area contributed by atoms with E-state index >= 15 is 0 Å². The summed E-state index contributed by atoms with van der Waals surface area (Å²) in [5.41, 5.74) is 2.24. The van der Waals surface area contributed by atoms with Crippen molar-refractivity contribution in [3.63, 3.8) is 0 Å². The zero-order valence-corrected chi connectivity index (χ0v) is 14.2. The Labute approximate surface area is 138 Å². The predicted molar refractivity (Wildman–Crippen MR) is 95.2 cm³/mol. The van der Waals surface area contributed by atoms with Crippen LogP contribution in [0.1, 0.15) is 31.7 Å². The standard InChI is InChI=1S/C19H27N3O/c1-3-15-7-6-10-22(13-15)19(20)17-14-21(11-12-23-2)18-9-5-4-8-16(17)18/h4-5,8-9,14-15,20H,3,6-7,10-13H2,1-2H3. The summed E-state index contributed by atoms with van der Waals surface area (Å²) in [5.74, 6) is 1.40. The first-order chi connectivity index (χ1) is 11.2. The van der Waals surface area contributed by atoms with Crippen LogP contribution in [0, 0.1) is 11.3 Å². The molecule has 0 radical (unpaired) electrons. The molecule has 3 rings (SSSR count). The number of nitrogens with zero attached hydrogens (tertiary/aromatic N) is 2. The molecule has 1 aliphatic rings. The van der Waals surface area contributed by atoms with Gasteiger partial charge >= 0.3 is 0 Å². The maximum Gasteiger partial charge on any atom is 0.130 e. The predicted octanol–water partition coefficient (Wildman–Crippen LogP) is 3.74. The molecular weight excluding hydrogens is 286 g/mol. The average molecular weight is 313 g/mol. The zero-order chi connectivity index (χ0) is 16.2. The summed E-state index contributed by atoms with van der Waals surface area (Å²) in [5, 5.41) is 9.92. The lowest BCUT2D eigenvalue weighted by atomic mass is 9.95. The Balaban J connectivity index is 1.90. The highest BCUT2D eigenvalue weighted by atomic mass is 16.5. The third-order valence-electron chi connectivity index (χ3n) is 4.99. The van der Waals surface area contributed by atoms with E-state index in [0.717, 1.165) is 31.1 Å². The van der Waals surface area contributed by atoms with Gasteiger partial charge in [0.15, 0.2) is 0 Å². The van der Waals surface area contributed by atoms with Crippen molar-refractivity contribution in [2.45, 2.75) is 32.7 Å². The minimum absolute atomic E-state index is 0.676. The van der Waals surface area contributed by atoms with E-state index in [1.165, 1.54) is 30.2 Å². The minimum atomic E-state index is 0.676. The van der Waals surface area contributed by atoms with E-state index in [1.807, 2.05) is 0 Å². The van der Waals surface area contributed by atoms with Crippen LogP contribution in [0.2, 0.25) is 0 Å². The van der Waals surface area contributed by atoms with Gasteiger partial charge in [-0.15, -0.1) is 0 Å². The second-order valence-corrected chi connectivity index (χ2v) is 6.46. The Bertz CT molecular complexity index is 676. The average Bonchev–Trinajstić information content (AvgIpc) is 2.98. The van der Waals surface area contributed by atoms with Crippen molar-refractivity contribution in [1.29, 1.82) is 5.41 Å². The number of nitrogens with one attached hydrogen (secondary N) is 1. The third kappa shape index (κ3) is 3.27. The molecule has 0 spiro atoms. The van der Waals surface area contributed by atoms with Gasteiger partial charge in [-0.05, 0) is 24.8 Å². The van der Waals surface area contributed by atoms with E-state index < -0.39 is 0 Å². The van der Waals surface area contributed by atoms with Crippen molar-refractivity contribution in [2.75, 3.05) is 26.8 Å². The normalized spacial score (nSPS) is 18.5. The Hall–Kier alpha value is -1.81. The lowest BCUT2D eigenvalue weighted by Gasteiger charge is -2.34. The molecule has 4 heteroatoms. The fraction of sp³-hybridized carbons (Fsp3) is 0.526. The molecule has 1 N–H and O–H groups in total. The monoisotopic (exact) mass is 313 g/mol. The molecule has 124 valence electrons. The van der Waals surface area contributed by atoms with Crippen LogP contribution in [0.15, 0.2) is 30.5 Å². The molecule has 1 aromatic heterocycles. The van der Waals surface area contributed by atoms with Gasteiger partial charge in [-0.2, -0.15) is 0 Å². The highest BCUT2D eigenvalue weighted by Crippen LogP contribution is 2.26. The van der Waals surface area contributed by atoms with E-state index in [4.69, 9.17) is 10.1 Å². The van der Waals surface area contributed by atoms with E-state index in [0.29, 0.717) is 12.4 Å². The van der Waals surface area contributed by atoms with Crippen LogP contribution < -0.4 is 0 Å². The van der Waals surface area contributed by atoms with Crippen molar-refractivity contribution >= 4 is 16.7 Å². The SMILES string of the molecule is CCC1CCCN(C(=N)c2cn(CCOC)c3ccccc23)C1. The molecule has 1 fully saturated rings. The highest BCUT2D eigenvalue weighted by Gasteiger charge is 2.23. The van der Waals surface area contributed by atoms with Crippen LogP contribution in [-0.4, -0.2) is 42.1 Å². The Morgan fingerprint density at radius 2 is 2.17 bits per heavy atom. The molecule has 2 heterocycles. The first-order valence-corrected chi connectivity index (χ1v) is 8.65. The van der Waals surface area contributed by atoms with Crippen molar-refractivity contribution in [3.8, 4) is 0 Å². The topological polar surface area (TPSA) is 41.2 Å². The number of rotatable bonds is 5. The zero-order valence-electron chi connectivity index (χ0n) is 14.2. The summed E-state index contributed by atoms with van der Waals surface area (Å²) >= 11 is 0. The summed E-state index contributed by atoms with van der Waals surface area (Å²) in [7, 11) is 1.73. The summed E-state index contributed by atoms with van der Waals surface area (Å²) in [6.07, 6.45) is 5.83. The number of methoxy groups -OCH3 is 1. The summed E-state index contributed by atoms with van der Waals surface area (Å²) in [6, 6.07) is 8.38. The Morgan fingerprint density at radius 1 is 1.35 bits per heavy atom. The van der Waals surface area contributed by atoms with Gasteiger partial charge < -0.3 is 14.2 Å². The van der Waals surface area contributed by atoms with Crippen molar-refractivity contribution in [3.05, 3.63) is 36.0 Å². The van der Waals surface area contributed by atoms with Crippen molar-refractivity contribution in [2.24, 2.45) is 5.92 Å². The Kier molecular flexibility index (Phi) is 5.01. The molecular formula is C19H27N3O. The lowest BCUT2D eigenvalue weighted by Crippen LogP contribution is -2.39. The van der Waals surface area contributed by atoms with Crippen LogP contribution in [0.4, 0.5) is 0 Å². The molecule has 1 atom stereocenters. The minimum Gasteiger partial charge on any atom is -0.383 e. The molecule has 4 nitrogen and oxygen atoms in total. The molecule has 1 saturated heterocycles. The van der Waals surface area contributed by atoms with Gasteiger partial charge in [0.05, 0.1) is 6.61 Å². The number of fused-ring (bicyclic) bond motifs is 1. The van der Waals surface area contributed by atoms with Crippen molar-refractivity contribution in [1.82, 2.24) is 9.47 Å². The first-order valence-electron chi connectivity index (χ1n) is 8.65. The van der Waals surface area contributed by atoms with E-state index in [9.17, 15) is 0 Å². The number of ether oxygens (including phenoxy) is 1. The van der Waals surface area contributed by atoms with Gasteiger partial charge in [0.25, 0.3) is 0 Å². The van der Waals surface area contributed by atoms with Gasteiger partial charge in [-0.3, -0.25) is 5.41 Å². The first kappa shape index (κ1) is 16.1. The summed E-state index contributed by atoms with van der Waals surface area (Å²) < 4.78 is 7.44. The summed E-state index contributed by atoms with van der Waals surface area (Å²) in [6.45, 7) is 5.79. The largest absolute Gasteiger partial charge is 0.383 e. The molecule has 1 unspecified atom stereocenters. The van der Waals surface area contributed by atoms with E-state index in [1.54, 1.807) is 7.11 Å². The van der Waals surface area contributed by atoms with Gasteiger partial charge in [0, 0.05) is 49.4 Å². The number of hydrogen-bond donors (Lipinski definition) is 1. The maximum atomic E-state index is 8.74. The second kappa shape index (κ2) is 7.18. The molecule has 1 aliphatic heterocycles. The number of piperidine rings is 1. The van der Waals surface area contributed by atoms with Crippen LogP contribution in [0.25, 0.3) is 10.9 Å². The van der Waals surface area contributed by atoms with E-state index in [2.05, 4.69) is 46.9 Å². The molecule has 0 amide bonds. The molecule has 0 aliphatic carbocycles. The van der Waals surface area contributed by atoms with Gasteiger partial charge in [-0.25, -0.2) is 0 Å². The number of benzene rings is 1. The maximum absolute atomic E-state index is 8.74. The molecule has 0 saturated carbocycles. The molecule has 0 bridgehead atoms. The van der Waals surface area contributed by atoms with Crippen LogP contribution in [0.5, 0.6) is 0 Å². The summed E-state index contributed by atoms with van der Waals surface area (Å²) in [4.78, 5) is 2.26. The molecule has 2 aromatic rings. The van der Waals surface area contributed by atoms with Gasteiger partial charge in [0.1, 0.15) is 5.84 Å². The Morgan fingerprint density at radius 3 is 2.96 bits per heavy atom. The number of likely N-dealkylation sites (tertiary alicyclic amines) is 1. The smallest absolute Gasteiger partial charge is 0.130 e. The molecule has 1 aromatic carbocycles. The second-order valence-electron chi connectivity index (χ2n) is 6.46. The number of hydrogen-bond acceptors (Lipinski definition) is 2. The van der Waals surface area contributed by atoms with Gasteiger partial charge in [0.2, 0.25) is 0 Å². The number of para-hydroxylation sites is 1. The van der Waals surface area contributed by atoms with Gasteiger partial charge in [-0.1, -0.05) is 31.5 Å². The third-order valence-corrected chi connectivity index (χ3v) is 4.99. The highest BCUT2D eigenvalue weighted by molar-refractivity contribution is 6.08. The fourth-order valence-electron chi connectivity index (χ4n) is 3.58. The molecule has 23 heavy (non-hydrogen) atoms.